The van der Waals surface area contributed by atoms with E-state index >= 15 is 0 Å². The molecule has 2 aromatic carbocycles. The van der Waals surface area contributed by atoms with Gasteiger partial charge in [0, 0.05) is 57.9 Å². The Balaban J connectivity index is 1.12. The molecule has 0 radical (unpaired) electrons. The predicted molar refractivity (Wildman–Crippen MR) is 131 cm³/mol. The average molecular weight is 481 g/mol. The van der Waals surface area contributed by atoms with Gasteiger partial charge in [-0.15, -0.1) is 0 Å². The second-order valence-electron chi connectivity index (χ2n) is 8.72. The fraction of sp³-hybridized carbons (Fsp3) is 0.423. The number of piperazine rings is 1. The molecule has 2 aliphatic heterocycles. The van der Waals surface area contributed by atoms with E-state index in [2.05, 4.69) is 10.2 Å². The number of carbonyl (C=O) groups excluding carboxylic acids is 3. The lowest BCUT2D eigenvalue weighted by molar-refractivity contribution is -0.135. The number of methoxy groups -OCH3 is 1. The van der Waals surface area contributed by atoms with Crippen LogP contribution in [0.2, 0.25) is 0 Å². The second-order valence-corrected chi connectivity index (χ2v) is 8.72. The van der Waals surface area contributed by atoms with Crippen molar-refractivity contribution in [3.63, 3.8) is 0 Å². The number of hydrogen-bond acceptors (Lipinski definition) is 6. The van der Waals surface area contributed by atoms with Crippen LogP contribution in [0.4, 0.5) is 5.69 Å². The van der Waals surface area contributed by atoms with Gasteiger partial charge >= 0.3 is 0 Å². The Morgan fingerprint density at radius 2 is 1.66 bits per heavy atom. The van der Waals surface area contributed by atoms with E-state index < -0.39 is 0 Å². The molecule has 1 unspecified atom stereocenters. The number of amides is 3. The number of benzene rings is 2. The quantitative estimate of drug-likeness (QED) is 0.583. The molecule has 0 saturated carbocycles. The standard InChI is InChI=1S/C26H32N4O5/c1-34-22-7-9-23(10-8-22)35-19-25(32)29-15-13-28(14-16-29)12-11-27-26(33)20-17-24(31)30(18-20)21-5-3-2-4-6-21/h2-10,20H,11-19H2,1H3,(H,27,33). The predicted octanol–water partition coefficient (Wildman–Crippen LogP) is 1.39. The van der Waals surface area contributed by atoms with E-state index in [1.54, 1.807) is 41.2 Å². The first-order valence-corrected chi connectivity index (χ1v) is 11.9. The first-order valence-electron chi connectivity index (χ1n) is 11.9. The Labute approximate surface area is 205 Å². The molecule has 35 heavy (non-hydrogen) atoms. The molecule has 2 fully saturated rings. The molecular weight excluding hydrogens is 448 g/mol. The van der Waals surface area contributed by atoms with Crippen molar-refractivity contribution < 1.29 is 23.9 Å². The van der Waals surface area contributed by atoms with Crippen LogP contribution >= 0.6 is 0 Å². The third-order valence-corrected chi connectivity index (χ3v) is 6.44. The van der Waals surface area contributed by atoms with Gasteiger partial charge in [0.25, 0.3) is 5.91 Å². The monoisotopic (exact) mass is 480 g/mol. The second kappa shape index (κ2) is 11.7. The highest BCUT2D eigenvalue weighted by Gasteiger charge is 2.35. The molecule has 0 aliphatic carbocycles. The van der Waals surface area contributed by atoms with Gasteiger partial charge in [0.2, 0.25) is 11.8 Å². The zero-order valence-electron chi connectivity index (χ0n) is 20.0. The van der Waals surface area contributed by atoms with Gasteiger partial charge in [-0.2, -0.15) is 0 Å². The van der Waals surface area contributed by atoms with Crippen molar-refractivity contribution in [1.82, 2.24) is 15.1 Å². The highest BCUT2D eigenvalue weighted by molar-refractivity contribution is 6.00. The first kappa shape index (κ1) is 24.5. The summed E-state index contributed by atoms with van der Waals surface area (Å²) in [5, 5.41) is 2.98. The van der Waals surface area contributed by atoms with Gasteiger partial charge in [0.1, 0.15) is 11.5 Å². The summed E-state index contributed by atoms with van der Waals surface area (Å²) in [7, 11) is 1.60. The van der Waals surface area contributed by atoms with Crippen molar-refractivity contribution >= 4 is 23.4 Å². The molecule has 3 amide bonds. The molecule has 2 saturated heterocycles. The summed E-state index contributed by atoms with van der Waals surface area (Å²) in [5.74, 6) is 0.895. The van der Waals surface area contributed by atoms with Gasteiger partial charge in [-0.25, -0.2) is 0 Å². The third-order valence-electron chi connectivity index (χ3n) is 6.44. The summed E-state index contributed by atoms with van der Waals surface area (Å²) < 4.78 is 10.7. The van der Waals surface area contributed by atoms with Gasteiger partial charge in [-0.3, -0.25) is 19.3 Å². The molecule has 0 bridgehead atoms. The van der Waals surface area contributed by atoms with Crippen LogP contribution in [0.15, 0.2) is 54.6 Å². The maximum absolute atomic E-state index is 12.6. The van der Waals surface area contributed by atoms with Crippen LogP contribution in [0.3, 0.4) is 0 Å². The largest absolute Gasteiger partial charge is 0.497 e. The topological polar surface area (TPSA) is 91.4 Å². The summed E-state index contributed by atoms with van der Waals surface area (Å²) in [5.41, 5.74) is 0.828. The minimum Gasteiger partial charge on any atom is -0.497 e. The van der Waals surface area contributed by atoms with Crippen molar-refractivity contribution in [3.05, 3.63) is 54.6 Å². The Hall–Kier alpha value is -3.59. The number of ether oxygens (including phenoxy) is 2. The van der Waals surface area contributed by atoms with Gasteiger partial charge in [0.15, 0.2) is 6.61 Å². The molecule has 1 N–H and O–H groups in total. The highest BCUT2D eigenvalue weighted by Crippen LogP contribution is 2.24. The minimum absolute atomic E-state index is 0.00247. The molecule has 9 nitrogen and oxygen atoms in total. The van der Waals surface area contributed by atoms with Crippen molar-refractivity contribution in [3.8, 4) is 11.5 Å². The van der Waals surface area contributed by atoms with Crippen LogP contribution in [0.5, 0.6) is 11.5 Å². The molecule has 186 valence electrons. The number of nitrogens with one attached hydrogen (secondary N) is 1. The number of rotatable bonds is 9. The number of carbonyl (C=O) groups is 3. The van der Waals surface area contributed by atoms with Crippen LogP contribution in [-0.2, 0) is 14.4 Å². The lowest BCUT2D eigenvalue weighted by Gasteiger charge is -2.34. The van der Waals surface area contributed by atoms with E-state index in [0.717, 1.165) is 24.5 Å². The number of hydrogen-bond donors (Lipinski definition) is 1. The van der Waals surface area contributed by atoms with E-state index in [9.17, 15) is 14.4 Å². The smallest absolute Gasteiger partial charge is 0.260 e. The van der Waals surface area contributed by atoms with Gasteiger partial charge < -0.3 is 24.6 Å². The summed E-state index contributed by atoms with van der Waals surface area (Å²) >= 11 is 0. The lowest BCUT2D eigenvalue weighted by Crippen LogP contribution is -2.51. The van der Waals surface area contributed by atoms with E-state index in [4.69, 9.17) is 9.47 Å². The fourth-order valence-electron chi connectivity index (χ4n) is 4.35. The van der Waals surface area contributed by atoms with E-state index in [1.807, 2.05) is 30.3 Å². The Morgan fingerprint density at radius 1 is 0.971 bits per heavy atom. The molecule has 2 heterocycles. The fourth-order valence-corrected chi connectivity index (χ4v) is 4.35. The SMILES string of the molecule is COc1ccc(OCC(=O)N2CCN(CCNC(=O)C3CC(=O)N(c4ccccc4)C3)CC2)cc1. The summed E-state index contributed by atoms with van der Waals surface area (Å²) in [6.45, 7) is 4.38. The van der Waals surface area contributed by atoms with Gasteiger partial charge in [-0.05, 0) is 36.4 Å². The lowest BCUT2D eigenvalue weighted by atomic mass is 10.1. The number of anilines is 1. The molecule has 2 aliphatic rings. The third kappa shape index (κ3) is 6.51. The normalized spacial score (nSPS) is 18.4. The van der Waals surface area contributed by atoms with E-state index in [-0.39, 0.29) is 36.7 Å². The van der Waals surface area contributed by atoms with E-state index in [0.29, 0.717) is 38.5 Å². The van der Waals surface area contributed by atoms with Crippen molar-refractivity contribution in [2.75, 3.05) is 64.4 Å². The van der Waals surface area contributed by atoms with Crippen LogP contribution in [0, 0.1) is 5.92 Å². The molecular formula is C26H32N4O5. The molecule has 9 heteroatoms. The van der Waals surface area contributed by atoms with E-state index in [1.165, 1.54) is 0 Å². The van der Waals surface area contributed by atoms with Crippen molar-refractivity contribution in [2.24, 2.45) is 5.92 Å². The summed E-state index contributed by atoms with van der Waals surface area (Å²) in [6, 6.07) is 16.6. The summed E-state index contributed by atoms with van der Waals surface area (Å²) in [4.78, 5) is 43.1. The summed E-state index contributed by atoms with van der Waals surface area (Å²) in [6.07, 6.45) is 0.236. The van der Waals surface area contributed by atoms with Gasteiger partial charge in [-0.1, -0.05) is 18.2 Å². The van der Waals surface area contributed by atoms with Crippen molar-refractivity contribution in [1.29, 1.82) is 0 Å². The Kier molecular flexibility index (Phi) is 8.20. The molecule has 2 aromatic rings. The Bertz CT molecular complexity index is 1010. The first-order chi connectivity index (χ1) is 17.0. The highest BCUT2D eigenvalue weighted by atomic mass is 16.5. The Morgan fingerprint density at radius 3 is 2.34 bits per heavy atom. The molecule has 1 atom stereocenters. The van der Waals surface area contributed by atoms with Crippen LogP contribution < -0.4 is 19.7 Å². The van der Waals surface area contributed by atoms with Crippen molar-refractivity contribution in [2.45, 2.75) is 6.42 Å². The van der Waals surface area contributed by atoms with Gasteiger partial charge in [0.05, 0.1) is 13.0 Å². The average Bonchev–Trinajstić information content (AvgIpc) is 3.30. The minimum atomic E-state index is -0.331. The number of nitrogens with zero attached hydrogens (tertiary/aromatic N) is 3. The maximum atomic E-state index is 12.6. The van der Waals surface area contributed by atoms with Crippen LogP contribution in [0.25, 0.3) is 0 Å². The number of para-hydroxylation sites is 1. The molecule has 0 spiro atoms. The zero-order valence-corrected chi connectivity index (χ0v) is 20.0. The maximum Gasteiger partial charge on any atom is 0.260 e. The zero-order chi connectivity index (χ0) is 24.6. The molecule has 4 rings (SSSR count). The van der Waals surface area contributed by atoms with Crippen LogP contribution in [-0.4, -0.2) is 87.1 Å². The van der Waals surface area contributed by atoms with Crippen LogP contribution in [0.1, 0.15) is 6.42 Å². The molecule has 0 aromatic heterocycles.